The molecule has 146 valence electrons. The average Bonchev–Trinajstić information content (AvgIpc) is 2.60. The van der Waals surface area contributed by atoms with Gasteiger partial charge in [0.1, 0.15) is 5.82 Å². The van der Waals surface area contributed by atoms with Gasteiger partial charge in [0.2, 0.25) is 5.91 Å². The van der Waals surface area contributed by atoms with Crippen LogP contribution in [-0.4, -0.2) is 25.0 Å². The van der Waals surface area contributed by atoms with E-state index in [1.165, 1.54) is 22.3 Å². The first kappa shape index (κ1) is 25.3. The summed E-state index contributed by atoms with van der Waals surface area (Å²) in [7, 11) is 3.18. The number of aromatic nitrogens is 4. The van der Waals surface area contributed by atoms with Crippen molar-refractivity contribution in [1.82, 2.24) is 19.1 Å². The van der Waals surface area contributed by atoms with Crippen molar-refractivity contribution in [1.29, 1.82) is 0 Å². The molecule has 2 heterocycles. The van der Waals surface area contributed by atoms with E-state index in [-0.39, 0.29) is 28.7 Å². The van der Waals surface area contributed by atoms with E-state index < -0.39 is 0 Å². The van der Waals surface area contributed by atoms with Gasteiger partial charge in [0.25, 0.3) is 5.56 Å². The number of nitrogens with zero attached hydrogens (tertiary/aromatic N) is 3. The highest BCUT2D eigenvalue weighted by Crippen LogP contribution is 1.95. The van der Waals surface area contributed by atoms with E-state index >= 15 is 0 Å². The molecule has 26 heavy (non-hydrogen) atoms. The number of amides is 1. The molecular formula is C17H29N5O4. The highest BCUT2D eigenvalue weighted by atomic mass is 16.2. The van der Waals surface area contributed by atoms with Gasteiger partial charge < -0.3 is 14.5 Å². The van der Waals surface area contributed by atoms with Gasteiger partial charge >= 0.3 is 11.4 Å². The predicted octanol–water partition coefficient (Wildman–Crippen LogP) is 1.17. The van der Waals surface area contributed by atoms with Gasteiger partial charge in [0.05, 0.1) is 0 Å². The largest absolute Gasteiger partial charge is 0.349 e. The fraction of sp³-hybridized carbons (Fsp3) is 0.471. The molecular weight excluding hydrogens is 338 g/mol. The number of H-pyrrole nitrogens is 1. The van der Waals surface area contributed by atoms with Gasteiger partial charge in [-0.05, 0) is 13.0 Å². The van der Waals surface area contributed by atoms with Crippen molar-refractivity contribution in [3.05, 3.63) is 55.3 Å². The van der Waals surface area contributed by atoms with E-state index in [1.54, 1.807) is 33.3 Å². The second kappa shape index (κ2) is 13.3. The molecule has 2 rings (SSSR count). The maximum atomic E-state index is 10.9. The number of rotatable bonds is 1. The Morgan fingerprint density at radius 2 is 1.62 bits per heavy atom. The lowest BCUT2D eigenvalue weighted by atomic mass is 10.4. The van der Waals surface area contributed by atoms with Crippen LogP contribution in [0.1, 0.15) is 40.2 Å². The number of nitrogens with one attached hydrogen (secondary N) is 2. The third-order valence-corrected chi connectivity index (χ3v) is 2.56. The van der Waals surface area contributed by atoms with Crippen LogP contribution in [0.25, 0.3) is 0 Å². The van der Waals surface area contributed by atoms with Crippen molar-refractivity contribution in [2.24, 2.45) is 14.1 Å². The minimum absolute atomic E-state index is 0.240. The van der Waals surface area contributed by atoms with E-state index in [0.29, 0.717) is 5.56 Å². The minimum Gasteiger partial charge on any atom is -0.311 e. The number of carbonyl (C=O) groups excluding carboxylic acids is 1. The van der Waals surface area contributed by atoms with Crippen molar-refractivity contribution in [3.8, 4) is 0 Å². The molecule has 0 atom stereocenters. The maximum absolute atomic E-state index is 10.9. The third-order valence-electron chi connectivity index (χ3n) is 2.56. The molecule has 0 radical (unpaired) electrons. The average molecular weight is 367 g/mol. The minimum atomic E-state index is -0.388. The molecule has 2 aromatic heterocycles. The van der Waals surface area contributed by atoms with E-state index in [0.717, 1.165) is 0 Å². The first-order chi connectivity index (χ1) is 12.2. The number of hydrogen-bond acceptors (Lipinski definition) is 5. The van der Waals surface area contributed by atoms with Crippen molar-refractivity contribution >= 4 is 11.7 Å². The van der Waals surface area contributed by atoms with Crippen LogP contribution in [0, 0.1) is 6.92 Å². The lowest BCUT2D eigenvalue weighted by molar-refractivity contribution is -0.114. The molecule has 0 fully saturated rings. The van der Waals surface area contributed by atoms with Gasteiger partial charge in [-0.15, -0.1) is 0 Å². The van der Waals surface area contributed by atoms with Crippen LogP contribution < -0.4 is 22.3 Å². The Morgan fingerprint density at radius 1 is 1.08 bits per heavy atom. The number of carbonyl (C=O) groups is 1. The van der Waals surface area contributed by atoms with Gasteiger partial charge in [-0.1, -0.05) is 27.7 Å². The molecule has 0 saturated heterocycles. The molecule has 2 N–H and O–H groups in total. The van der Waals surface area contributed by atoms with Crippen LogP contribution in [0.3, 0.4) is 0 Å². The first-order valence-corrected chi connectivity index (χ1v) is 8.28. The molecule has 0 saturated carbocycles. The summed E-state index contributed by atoms with van der Waals surface area (Å²) in [5.74, 6) is 0.0429. The fourth-order valence-corrected chi connectivity index (χ4v) is 1.41. The topological polar surface area (TPSA) is 119 Å². The van der Waals surface area contributed by atoms with E-state index in [2.05, 4.69) is 15.3 Å². The molecule has 2 aromatic rings. The summed E-state index contributed by atoms with van der Waals surface area (Å²) in [4.78, 5) is 48.6. The summed E-state index contributed by atoms with van der Waals surface area (Å²) in [6.45, 7) is 11.0. The van der Waals surface area contributed by atoms with Crippen LogP contribution in [0.4, 0.5) is 5.82 Å². The number of aromatic amines is 1. The summed E-state index contributed by atoms with van der Waals surface area (Å²) < 4.78 is 2.65. The Labute approximate surface area is 152 Å². The Bertz CT molecular complexity index is 818. The van der Waals surface area contributed by atoms with Crippen LogP contribution in [-0.2, 0) is 18.9 Å². The van der Waals surface area contributed by atoms with E-state index in [9.17, 15) is 19.2 Å². The van der Waals surface area contributed by atoms with Crippen molar-refractivity contribution in [3.63, 3.8) is 0 Å². The zero-order valence-electron chi connectivity index (χ0n) is 16.7. The van der Waals surface area contributed by atoms with Crippen LogP contribution in [0.15, 0.2) is 32.8 Å². The summed E-state index contributed by atoms with van der Waals surface area (Å²) in [6.07, 6.45) is 3.04. The third kappa shape index (κ3) is 9.36. The molecule has 0 aliphatic carbocycles. The number of anilines is 1. The zero-order chi connectivity index (χ0) is 20.9. The maximum Gasteiger partial charge on any atom is 0.349 e. The van der Waals surface area contributed by atoms with Gasteiger partial charge in [0, 0.05) is 39.0 Å². The Morgan fingerprint density at radius 3 is 2.04 bits per heavy atom. The summed E-state index contributed by atoms with van der Waals surface area (Å²) >= 11 is 0. The summed E-state index contributed by atoms with van der Waals surface area (Å²) in [6, 6.07) is 1.56. The van der Waals surface area contributed by atoms with Gasteiger partial charge in [0.15, 0.2) is 0 Å². The highest BCUT2D eigenvalue weighted by Gasteiger charge is 1.97. The van der Waals surface area contributed by atoms with Crippen molar-refractivity contribution in [2.45, 2.75) is 41.5 Å². The quantitative estimate of drug-likeness (QED) is 0.784. The Hall–Kier alpha value is -2.97. The molecule has 1 amide bonds. The monoisotopic (exact) mass is 367 g/mol. The standard InChI is InChI=1S/C7H9N3O2.C6H8N2O2.2C2H6/c1-5(11)8-6-3-4-10(2)7(12)9-6;1-4-3-8(2)6(10)7-5(4)9;2*1-2/h3-4H,1-2H3,(H,8,9,11,12);3H,1-2H3,(H,7,9,10);2*1-2H3. The normalized spacial score (nSPS) is 8.62. The van der Waals surface area contributed by atoms with Crippen LogP contribution in [0.5, 0.6) is 0 Å². The molecule has 0 unspecified atom stereocenters. The van der Waals surface area contributed by atoms with Crippen molar-refractivity contribution < 1.29 is 4.79 Å². The number of hydrogen-bond donors (Lipinski definition) is 2. The molecule has 9 nitrogen and oxygen atoms in total. The molecule has 0 aromatic carbocycles. The Kier molecular flexibility index (Phi) is 13.0. The lowest BCUT2D eigenvalue weighted by Crippen LogP contribution is -2.28. The molecule has 9 heteroatoms. The smallest absolute Gasteiger partial charge is 0.311 e. The molecule has 0 aliphatic heterocycles. The predicted molar refractivity (Wildman–Crippen MR) is 104 cm³/mol. The second-order valence-electron chi connectivity index (χ2n) is 4.57. The molecule has 0 bridgehead atoms. The van der Waals surface area contributed by atoms with Gasteiger partial charge in [-0.3, -0.25) is 14.6 Å². The van der Waals surface area contributed by atoms with Crippen LogP contribution in [0.2, 0.25) is 0 Å². The highest BCUT2D eigenvalue weighted by molar-refractivity contribution is 5.87. The first-order valence-electron chi connectivity index (χ1n) is 8.28. The van der Waals surface area contributed by atoms with E-state index in [1.807, 2.05) is 27.7 Å². The van der Waals surface area contributed by atoms with Crippen LogP contribution >= 0.6 is 0 Å². The zero-order valence-corrected chi connectivity index (χ0v) is 16.7. The summed E-state index contributed by atoms with van der Waals surface area (Å²) in [5, 5.41) is 2.41. The lowest BCUT2D eigenvalue weighted by Gasteiger charge is -2.00. The second-order valence-corrected chi connectivity index (χ2v) is 4.57. The molecule has 0 spiro atoms. The van der Waals surface area contributed by atoms with Gasteiger partial charge in [-0.2, -0.15) is 4.98 Å². The summed E-state index contributed by atoms with van der Waals surface area (Å²) in [5.41, 5.74) is -0.540. The fourth-order valence-electron chi connectivity index (χ4n) is 1.41. The molecule has 0 aliphatic rings. The number of aryl methyl sites for hydroxylation is 3. The van der Waals surface area contributed by atoms with E-state index in [4.69, 9.17) is 0 Å². The van der Waals surface area contributed by atoms with Gasteiger partial charge in [-0.25, -0.2) is 9.59 Å². The SMILES string of the molecule is CC.CC.CC(=O)Nc1ccn(C)c(=O)n1.Cc1cn(C)c(=O)[nH]c1=O. The Balaban J connectivity index is 0. The van der Waals surface area contributed by atoms with Crippen molar-refractivity contribution in [2.75, 3.05) is 5.32 Å².